The van der Waals surface area contributed by atoms with Crippen molar-refractivity contribution in [1.29, 1.82) is 0 Å². The molecule has 0 bridgehead atoms. The van der Waals surface area contributed by atoms with E-state index < -0.39 is 0 Å². The van der Waals surface area contributed by atoms with E-state index in [-0.39, 0.29) is 17.9 Å². The standard InChI is InChI=1S/C16H17ClN4O2/c17-11-5-3-10(4-6-11)14-18-16(21-20-14)19-15(22)12-7-8-23-13(12)9-1-2-9/h3-6,9,12-13H,1-2,7-8H2,(H2,18,19,20,21,22)/t12-,13+/m1/s1. The summed E-state index contributed by atoms with van der Waals surface area (Å²) in [7, 11) is 0. The Morgan fingerprint density at radius 1 is 1.26 bits per heavy atom. The van der Waals surface area contributed by atoms with Crippen LogP contribution in [-0.4, -0.2) is 33.8 Å². The molecule has 2 aliphatic rings. The van der Waals surface area contributed by atoms with Gasteiger partial charge in [-0.15, -0.1) is 5.10 Å². The minimum absolute atomic E-state index is 0.0546. The van der Waals surface area contributed by atoms with Gasteiger partial charge in [-0.3, -0.25) is 15.2 Å². The highest BCUT2D eigenvalue weighted by molar-refractivity contribution is 6.30. The average molecular weight is 333 g/mol. The predicted molar refractivity (Wildman–Crippen MR) is 86.0 cm³/mol. The van der Waals surface area contributed by atoms with Crippen molar-refractivity contribution in [1.82, 2.24) is 15.2 Å². The van der Waals surface area contributed by atoms with Crippen molar-refractivity contribution >= 4 is 23.5 Å². The van der Waals surface area contributed by atoms with Gasteiger partial charge in [0, 0.05) is 17.2 Å². The van der Waals surface area contributed by atoms with Crippen LogP contribution in [-0.2, 0) is 9.53 Å². The van der Waals surface area contributed by atoms with Crippen molar-refractivity contribution in [3.05, 3.63) is 29.3 Å². The fourth-order valence-corrected chi connectivity index (χ4v) is 3.16. The maximum atomic E-state index is 12.4. The summed E-state index contributed by atoms with van der Waals surface area (Å²) in [6, 6.07) is 7.27. The predicted octanol–water partition coefficient (Wildman–Crippen LogP) is 2.88. The van der Waals surface area contributed by atoms with Crippen LogP contribution in [0.25, 0.3) is 11.4 Å². The largest absolute Gasteiger partial charge is 0.377 e. The lowest BCUT2D eigenvalue weighted by Crippen LogP contribution is -2.31. The second-order valence-electron chi connectivity index (χ2n) is 6.07. The van der Waals surface area contributed by atoms with E-state index in [4.69, 9.17) is 16.3 Å². The molecule has 23 heavy (non-hydrogen) atoms. The number of nitrogens with zero attached hydrogens (tertiary/aromatic N) is 2. The Morgan fingerprint density at radius 3 is 2.78 bits per heavy atom. The maximum Gasteiger partial charge on any atom is 0.249 e. The quantitative estimate of drug-likeness (QED) is 0.902. The highest BCUT2D eigenvalue weighted by Crippen LogP contribution is 2.41. The molecule has 2 heterocycles. The molecule has 4 rings (SSSR count). The number of ether oxygens (including phenoxy) is 1. The molecule has 1 aliphatic heterocycles. The molecule has 1 amide bonds. The number of anilines is 1. The van der Waals surface area contributed by atoms with Crippen LogP contribution in [0.2, 0.25) is 5.02 Å². The van der Waals surface area contributed by atoms with Gasteiger partial charge in [0.05, 0.1) is 12.0 Å². The minimum atomic E-state index is -0.0972. The molecule has 1 saturated carbocycles. The molecule has 1 aromatic carbocycles. The number of rotatable bonds is 4. The number of carbonyl (C=O) groups is 1. The molecule has 1 aliphatic carbocycles. The lowest BCUT2D eigenvalue weighted by atomic mass is 9.97. The normalized spacial score (nSPS) is 23.9. The van der Waals surface area contributed by atoms with Crippen LogP contribution in [0.4, 0.5) is 5.95 Å². The van der Waals surface area contributed by atoms with E-state index in [1.807, 2.05) is 12.1 Å². The molecule has 6 nitrogen and oxygen atoms in total. The Labute approximate surface area is 138 Å². The van der Waals surface area contributed by atoms with Gasteiger partial charge >= 0.3 is 0 Å². The Hall–Kier alpha value is -1.92. The molecular weight excluding hydrogens is 316 g/mol. The second kappa shape index (κ2) is 5.94. The summed E-state index contributed by atoms with van der Waals surface area (Å²) in [4.78, 5) is 16.8. The van der Waals surface area contributed by atoms with Crippen LogP contribution in [0.5, 0.6) is 0 Å². The summed E-state index contributed by atoms with van der Waals surface area (Å²) in [5.41, 5.74) is 0.863. The SMILES string of the molecule is O=C(Nc1n[nH]c(-c2ccc(Cl)cc2)n1)[C@@H]1CCO[C@H]1C1CC1. The van der Waals surface area contributed by atoms with Crippen LogP contribution < -0.4 is 5.32 Å². The number of hydrogen-bond donors (Lipinski definition) is 2. The number of aromatic nitrogens is 3. The van der Waals surface area contributed by atoms with Gasteiger partial charge in [0.25, 0.3) is 0 Å². The molecule has 2 N–H and O–H groups in total. The lowest BCUT2D eigenvalue weighted by Gasteiger charge is -2.16. The van der Waals surface area contributed by atoms with Crippen molar-refractivity contribution < 1.29 is 9.53 Å². The van der Waals surface area contributed by atoms with Crippen LogP contribution >= 0.6 is 11.6 Å². The van der Waals surface area contributed by atoms with Gasteiger partial charge in [-0.25, -0.2) is 0 Å². The summed E-state index contributed by atoms with van der Waals surface area (Å²) < 4.78 is 5.71. The molecule has 2 atom stereocenters. The highest BCUT2D eigenvalue weighted by atomic mass is 35.5. The first kappa shape index (κ1) is 14.7. The van der Waals surface area contributed by atoms with Crippen LogP contribution in [0, 0.1) is 11.8 Å². The molecular formula is C16H17ClN4O2. The third-order valence-electron chi connectivity index (χ3n) is 4.40. The minimum Gasteiger partial charge on any atom is -0.377 e. The summed E-state index contributed by atoms with van der Waals surface area (Å²) in [5, 5.41) is 10.4. The van der Waals surface area contributed by atoms with Gasteiger partial charge < -0.3 is 4.74 Å². The fraction of sp³-hybridized carbons (Fsp3) is 0.438. The van der Waals surface area contributed by atoms with Crippen molar-refractivity contribution in [3.63, 3.8) is 0 Å². The van der Waals surface area contributed by atoms with E-state index >= 15 is 0 Å². The Bertz CT molecular complexity index is 711. The van der Waals surface area contributed by atoms with E-state index in [9.17, 15) is 4.79 Å². The number of aromatic amines is 1. The molecule has 0 radical (unpaired) electrons. The summed E-state index contributed by atoms with van der Waals surface area (Å²) in [6.07, 6.45) is 3.15. The first-order valence-corrected chi connectivity index (χ1v) is 8.19. The van der Waals surface area contributed by atoms with Gasteiger partial charge in [0.2, 0.25) is 11.9 Å². The van der Waals surface area contributed by atoms with E-state index in [2.05, 4.69) is 20.5 Å². The Kier molecular flexibility index (Phi) is 3.79. The van der Waals surface area contributed by atoms with Crippen LogP contribution in [0.15, 0.2) is 24.3 Å². The smallest absolute Gasteiger partial charge is 0.249 e. The molecule has 0 spiro atoms. The van der Waals surface area contributed by atoms with E-state index in [1.165, 1.54) is 0 Å². The average Bonchev–Trinajstić information content (AvgIpc) is 3.09. The zero-order valence-corrected chi connectivity index (χ0v) is 13.2. The number of carbonyl (C=O) groups excluding carboxylic acids is 1. The number of H-pyrrole nitrogens is 1. The lowest BCUT2D eigenvalue weighted by molar-refractivity contribution is -0.121. The second-order valence-corrected chi connectivity index (χ2v) is 6.51. The number of hydrogen-bond acceptors (Lipinski definition) is 4. The first-order valence-electron chi connectivity index (χ1n) is 7.81. The number of amides is 1. The zero-order chi connectivity index (χ0) is 15.8. The third-order valence-corrected chi connectivity index (χ3v) is 4.65. The van der Waals surface area contributed by atoms with Gasteiger partial charge in [0.15, 0.2) is 5.82 Å². The topological polar surface area (TPSA) is 79.9 Å². The van der Waals surface area contributed by atoms with Crippen LogP contribution in [0.3, 0.4) is 0 Å². The van der Waals surface area contributed by atoms with Gasteiger partial charge in [-0.05, 0) is 49.4 Å². The van der Waals surface area contributed by atoms with Gasteiger partial charge in [-0.1, -0.05) is 11.6 Å². The number of benzene rings is 1. The summed E-state index contributed by atoms with van der Waals surface area (Å²) in [6.45, 7) is 0.656. The third kappa shape index (κ3) is 3.09. The fourth-order valence-electron chi connectivity index (χ4n) is 3.04. The van der Waals surface area contributed by atoms with Crippen molar-refractivity contribution in [2.24, 2.45) is 11.8 Å². The molecule has 2 aromatic rings. The molecule has 120 valence electrons. The molecule has 1 aromatic heterocycles. The van der Waals surface area contributed by atoms with E-state index in [1.54, 1.807) is 12.1 Å². The van der Waals surface area contributed by atoms with Gasteiger partial charge in [-0.2, -0.15) is 4.98 Å². The van der Waals surface area contributed by atoms with E-state index in [0.717, 1.165) is 24.8 Å². The van der Waals surface area contributed by atoms with Crippen molar-refractivity contribution in [2.75, 3.05) is 11.9 Å². The zero-order valence-electron chi connectivity index (χ0n) is 12.5. The Morgan fingerprint density at radius 2 is 2.04 bits per heavy atom. The number of halogens is 1. The highest BCUT2D eigenvalue weighted by Gasteiger charge is 2.43. The molecule has 7 heteroatoms. The maximum absolute atomic E-state index is 12.4. The van der Waals surface area contributed by atoms with Crippen molar-refractivity contribution in [3.8, 4) is 11.4 Å². The number of nitrogens with one attached hydrogen (secondary N) is 2. The summed E-state index contributed by atoms with van der Waals surface area (Å²) in [5.74, 6) is 1.28. The van der Waals surface area contributed by atoms with Crippen molar-refractivity contribution in [2.45, 2.75) is 25.4 Å². The van der Waals surface area contributed by atoms with E-state index in [0.29, 0.717) is 29.3 Å². The Balaban J connectivity index is 1.45. The molecule has 1 saturated heterocycles. The molecule has 2 fully saturated rings. The first-order chi connectivity index (χ1) is 11.2. The summed E-state index contributed by atoms with van der Waals surface area (Å²) >= 11 is 5.88. The van der Waals surface area contributed by atoms with Crippen LogP contribution in [0.1, 0.15) is 19.3 Å². The monoisotopic (exact) mass is 332 g/mol. The molecule has 0 unspecified atom stereocenters. The van der Waals surface area contributed by atoms with Gasteiger partial charge in [0.1, 0.15) is 0 Å².